The third-order valence-corrected chi connectivity index (χ3v) is 4.81. The number of hydrogen-bond donors (Lipinski definition) is 0. The molecule has 1 fully saturated rings. The summed E-state index contributed by atoms with van der Waals surface area (Å²) in [5.41, 5.74) is 1.79. The number of hydrogen-bond acceptors (Lipinski definition) is 7. The Labute approximate surface area is 163 Å². The quantitative estimate of drug-likeness (QED) is 0.672. The summed E-state index contributed by atoms with van der Waals surface area (Å²) in [7, 11) is 3.97. The molecule has 0 radical (unpaired) electrons. The Kier molecular flexibility index (Phi) is 4.88. The normalized spacial score (nSPS) is 14.2. The van der Waals surface area contributed by atoms with E-state index in [-0.39, 0.29) is 5.91 Å². The third-order valence-electron chi connectivity index (χ3n) is 4.81. The molecular weight excluding hydrogens is 356 g/mol. The van der Waals surface area contributed by atoms with E-state index in [9.17, 15) is 4.79 Å². The van der Waals surface area contributed by atoms with Gasteiger partial charge in [0.05, 0.1) is 0 Å². The van der Waals surface area contributed by atoms with Gasteiger partial charge in [0.2, 0.25) is 0 Å². The van der Waals surface area contributed by atoms with Crippen LogP contribution in [-0.4, -0.2) is 75.8 Å². The maximum Gasteiger partial charge on any atom is 0.253 e. The molecule has 0 bridgehead atoms. The van der Waals surface area contributed by atoms with Gasteiger partial charge >= 0.3 is 0 Å². The molecule has 0 aliphatic carbocycles. The van der Waals surface area contributed by atoms with Crippen molar-refractivity contribution in [3.63, 3.8) is 0 Å². The van der Waals surface area contributed by atoms with Crippen molar-refractivity contribution in [3.05, 3.63) is 54.9 Å². The highest BCUT2D eigenvalue weighted by Crippen LogP contribution is 2.18. The van der Waals surface area contributed by atoms with Gasteiger partial charge < -0.3 is 14.7 Å². The highest BCUT2D eigenvalue weighted by Gasteiger charge is 2.23. The highest BCUT2D eigenvalue weighted by atomic mass is 16.2. The Bertz CT molecular complexity index is 931. The standard InChI is InChI=1S/C19H22N8O/c1-24(2)16-5-3-15(4-6-16)19(28)26-9-7-25(8-10-26)17-11-18(22-13-21-17)27-14-20-12-23-27/h3-6,11-14H,7-10H2,1-2H3. The predicted molar refractivity (Wildman–Crippen MR) is 106 cm³/mol. The van der Waals surface area contributed by atoms with Gasteiger partial charge in [0.15, 0.2) is 5.82 Å². The summed E-state index contributed by atoms with van der Waals surface area (Å²) in [4.78, 5) is 31.4. The summed E-state index contributed by atoms with van der Waals surface area (Å²) < 4.78 is 1.60. The van der Waals surface area contributed by atoms with Crippen LogP contribution in [0.1, 0.15) is 10.4 Å². The van der Waals surface area contributed by atoms with E-state index in [1.165, 1.54) is 12.7 Å². The monoisotopic (exact) mass is 378 g/mol. The van der Waals surface area contributed by atoms with Crippen molar-refractivity contribution in [2.75, 3.05) is 50.1 Å². The first-order valence-corrected chi connectivity index (χ1v) is 9.10. The van der Waals surface area contributed by atoms with E-state index in [2.05, 4.69) is 25.0 Å². The number of piperazine rings is 1. The van der Waals surface area contributed by atoms with Crippen LogP contribution in [0.5, 0.6) is 0 Å². The minimum Gasteiger partial charge on any atom is -0.378 e. The van der Waals surface area contributed by atoms with Gasteiger partial charge in [-0.25, -0.2) is 19.6 Å². The SMILES string of the molecule is CN(C)c1ccc(C(=O)N2CCN(c3cc(-n4cncn4)ncn3)CC2)cc1. The summed E-state index contributed by atoms with van der Waals surface area (Å²) in [6.07, 6.45) is 4.59. The number of carbonyl (C=O) groups is 1. The van der Waals surface area contributed by atoms with E-state index in [0.717, 1.165) is 30.2 Å². The zero-order chi connectivity index (χ0) is 19.5. The van der Waals surface area contributed by atoms with E-state index in [1.807, 2.05) is 54.2 Å². The summed E-state index contributed by atoms with van der Waals surface area (Å²) in [5.74, 6) is 1.56. The van der Waals surface area contributed by atoms with Crippen molar-refractivity contribution in [3.8, 4) is 5.82 Å². The maximum absolute atomic E-state index is 12.8. The average molecular weight is 378 g/mol. The molecule has 0 saturated carbocycles. The lowest BCUT2D eigenvalue weighted by Gasteiger charge is -2.35. The van der Waals surface area contributed by atoms with Crippen molar-refractivity contribution >= 4 is 17.4 Å². The second kappa shape index (κ2) is 7.63. The lowest BCUT2D eigenvalue weighted by Crippen LogP contribution is -2.49. The number of nitrogens with zero attached hydrogens (tertiary/aromatic N) is 8. The number of amides is 1. The molecule has 1 aromatic carbocycles. The Hall–Kier alpha value is -3.49. The minimum absolute atomic E-state index is 0.0657. The third kappa shape index (κ3) is 3.64. The predicted octanol–water partition coefficient (Wildman–Crippen LogP) is 1.09. The molecule has 0 unspecified atom stereocenters. The average Bonchev–Trinajstić information content (AvgIpc) is 3.28. The molecule has 1 saturated heterocycles. The van der Waals surface area contributed by atoms with Gasteiger partial charge in [-0.3, -0.25) is 4.79 Å². The Morgan fingerprint density at radius 2 is 1.68 bits per heavy atom. The van der Waals surface area contributed by atoms with Gasteiger partial charge in [-0.1, -0.05) is 0 Å². The van der Waals surface area contributed by atoms with Crippen molar-refractivity contribution in [2.24, 2.45) is 0 Å². The van der Waals surface area contributed by atoms with Crippen molar-refractivity contribution in [1.82, 2.24) is 29.6 Å². The van der Waals surface area contributed by atoms with Crippen LogP contribution in [0, 0.1) is 0 Å². The minimum atomic E-state index is 0.0657. The van der Waals surface area contributed by atoms with E-state index in [0.29, 0.717) is 18.9 Å². The van der Waals surface area contributed by atoms with E-state index in [4.69, 9.17) is 0 Å². The zero-order valence-electron chi connectivity index (χ0n) is 15.9. The molecule has 0 atom stereocenters. The summed E-state index contributed by atoms with van der Waals surface area (Å²) in [6.45, 7) is 2.73. The molecule has 3 heterocycles. The molecule has 9 nitrogen and oxygen atoms in total. The second-order valence-electron chi connectivity index (χ2n) is 6.80. The molecule has 1 aliphatic rings. The first-order chi connectivity index (χ1) is 13.6. The molecule has 28 heavy (non-hydrogen) atoms. The molecule has 1 aliphatic heterocycles. The van der Waals surface area contributed by atoms with Crippen LogP contribution >= 0.6 is 0 Å². The van der Waals surface area contributed by atoms with Crippen LogP contribution in [0.3, 0.4) is 0 Å². The smallest absolute Gasteiger partial charge is 0.253 e. The maximum atomic E-state index is 12.8. The van der Waals surface area contributed by atoms with Gasteiger partial charge in [-0.05, 0) is 24.3 Å². The summed E-state index contributed by atoms with van der Waals surface area (Å²) in [5, 5.41) is 4.10. The molecule has 4 rings (SSSR count). The lowest BCUT2D eigenvalue weighted by atomic mass is 10.1. The van der Waals surface area contributed by atoms with Gasteiger partial charge in [0.25, 0.3) is 5.91 Å². The van der Waals surface area contributed by atoms with Gasteiger partial charge in [0, 0.05) is 57.6 Å². The number of benzene rings is 1. The fourth-order valence-corrected chi connectivity index (χ4v) is 3.19. The van der Waals surface area contributed by atoms with Crippen molar-refractivity contribution < 1.29 is 4.79 Å². The molecule has 0 spiro atoms. The number of carbonyl (C=O) groups excluding carboxylic acids is 1. The van der Waals surface area contributed by atoms with E-state index < -0.39 is 0 Å². The van der Waals surface area contributed by atoms with Gasteiger partial charge in [0.1, 0.15) is 24.8 Å². The van der Waals surface area contributed by atoms with Crippen LogP contribution in [0.2, 0.25) is 0 Å². The molecule has 3 aromatic rings. The van der Waals surface area contributed by atoms with Crippen molar-refractivity contribution in [1.29, 1.82) is 0 Å². The van der Waals surface area contributed by atoms with Crippen LogP contribution in [0.25, 0.3) is 5.82 Å². The first kappa shape index (κ1) is 17.9. The first-order valence-electron chi connectivity index (χ1n) is 9.10. The molecular formula is C19H22N8O. The van der Waals surface area contributed by atoms with Crippen LogP contribution in [0.4, 0.5) is 11.5 Å². The largest absolute Gasteiger partial charge is 0.378 e. The number of rotatable bonds is 4. The van der Waals surface area contributed by atoms with Crippen LogP contribution in [-0.2, 0) is 0 Å². The summed E-state index contributed by atoms with van der Waals surface area (Å²) in [6, 6.07) is 9.59. The molecule has 9 heteroatoms. The fourth-order valence-electron chi connectivity index (χ4n) is 3.19. The van der Waals surface area contributed by atoms with Crippen LogP contribution in [0.15, 0.2) is 49.3 Å². The fraction of sp³-hybridized carbons (Fsp3) is 0.316. The Balaban J connectivity index is 1.40. The molecule has 1 amide bonds. The zero-order valence-corrected chi connectivity index (χ0v) is 15.9. The Morgan fingerprint density at radius 3 is 2.32 bits per heavy atom. The van der Waals surface area contributed by atoms with Gasteiger partial charge in [-0.15, -0.1) is 0 Å². The second-order valence-corrected chi connectivity index (χ2v) is 6.80. The summed E-state index contributed by atoms with van der Waals surface area (Å²) >= 11 is 0. The van der Waals surface area contributed by atoms with E-state index >= 15 is 0 Å². The topological polar surface area (TPSA) is 83.3 Å². The lowest BCUT2D eigenvalue weighted by molar-refractivity contribution is 0.0746. The van der Waals surface area contributed by atoms with E-state index in [1.54, 1.807) is 11.0 Å². The van der Waals surface area contributed by atoms with Crippen molar-refractivity contribution in [2.45, 2.75) is 0 Å². The Morgan fingerprint density at radius 1 is 0.964 bits per heavy atom. The molecule has 144 valence electrons. The van der Waals surface area contributed by atoms with Gasteiger partial charge in [-0.2, -0.15) is 5.10 Å². The highest BCUT2D eigenvalue weighted by molar-refractivity contribution is 5.94. The molecule has 2 aromatic heterocycles. The number of anilines is 2. The number of aromatic nitrogens is 5. The van der Waals surface area contributed by atoms with Crippen LogP contribution < -0.4 is 9.80 Å². The molecule has 0 N–H and O–H groups in total.